The Hall–Kier alpha value is -2.30. The molecule has 0 saturated carbocycles. The van der Waals surface area contributed by atoms with Gasteiger partial charge in [-0.05, 0) is 50.5 Å². The first kappa shape index (κ1) is 17.5. The number of nitrogens with zero attached hydrogens (tertiary/aromatic N) is 2. The van der Waals surface area contributed by atoms with Crippen LogP contribution in [0, 0.1) is 13.8 Å². The number of aliphatic imine (C=N–C) groups is 1. The summed E-state index contributed by atoms with van der Waals surface area (Å²) in [5.74, 6) is 0. The zero-order chi connectivity index (χ0) is 18.0. The van der Waals surface area contributed by atoms with Crippen LogP contribution in [-0.4, -0.2) is 25.0 Å². The van der Waals surface area contributed by atoms with Crippen molar-refractivity contribution in [3.8, 4) is 0 Å². The van der Waals surface area contributed by atoms with Crippen LogP contribution in [0.15, 0.2) is 47.5 Å². The largest absolute Gasteiger partial charge is 0.434 e. The van der Waals surface area contributed by atoms with Gasteiger partial charge >= 0.3 is 6.18 Å². The average Bonchev–Trinajstić information content (AvgIpc) is 3.08. The zero-order valence-electron chi connectivity index (χ0n) is 14.4. The molecule has 3 rings (SSSR count). The Bertz CT molecular complexity index is 771. The molecule has 132 valence electrons. The van der Waals surface area contributed by atoms with Crippen LogP contribution in [-0.2, 0) is 0 Å². The summed E-state index contributed by atoms with van der Waals surface area (Å²) in [5, 5.41) is 0. The summed E-state index contributed by atoms with van der Waals surface area (Å²) in [6.45, 7) is 5.36. The van der Waals surface area contributed by atoms with Crippen LogP contribution >= 0.6 is 0 Å². The monoisotopic (exact) mass is 346 g/mol. The van der Waals surface area contributed by atoms with Crippen LogP contribution in [0.1, 0.15) is 29.5 Å². The number of aryl methyl sites for hydroxylation is 2. The minimum absolute atomic E-state index is 0.153. The Morgan fingerprint density at radius 2 is 1.52 bits per heavy atom. The van der Waals surface area contributed by atoms with Crippen molar-refractivity contribution >= 4 is 17.1 Å². The molecule has 1 saturated heterocycles. The van der Waals surface area contributed by atoms with Gasteiger partial charge in [-0.3, -0.25) is 0 Å². The third kappa shape index (κ3) is 4.03. The fraction of sp³-hybridized carbons (Fsp3) is 0.350. The van der Waals surface area contributed by atoms with Gasteiger partial charge in [0.25, 0.3) is 0 Å². The van der Waals surface area contributed by atoms with Gasteiger partial charge in [-0.1, -0.05) is 29.8 Å². The molecule has 0 atom stereocenters. The van der Waals surface area contributed by atoms with Crippen molar-refractivity contribution in [2.24, 2.45) is 4.99 Å². The van der Waals surface area contributed by atoms with Crippen molar-refractivity contribution in [3.05, 3.63) is 59.2 Å². The number of hydrogen-bond donors (Lipinski definition) is 0. The van der Waals surface area contributed by atoms with Crippen molar-refractivity contribution in [1.82, 2.24) is 0 Å². The predicted molar refractivity (Wildman–Crippen MR) is 96.1 cm³/mol. The lowest BCUT2D eigenvalue weighted by Gasteiger charge is -2.23. The highest BCUT2D eigenvalue weighted by atomic mass is 19.4. The van der Waals surface area contributed by atoms with Gasteiger partial charge in [0, 0.05) is 24.3 Å². The fourth-order valence-electron chi connectivity index (χ4n) is 3.09. The highest BCUT2D eigenvalue weighted by Gasteiger charge is 2.38. The lowest BCUT2D eigenvalue weighted by molar-refractivity contribution is -0.0579. The van der Waals surface area contributed by atoms with Gasteiger partial charge in [0.05, 0.1) is 5.69 Å². The Kier molecular flexibility index (Phi) is 4.84. The van der Waals surface area contributed by atoms with E-state index in [0.29, 0.717) is 11.4 Å². The molecule has 0 bridgehead atoms. The lowest BCUT2D eigenvalue weighted by atomic mass is 10.0. The molecule has 0 N–H and O–H groups in total. The van der Waals surface area contributed by atoms with Crippen molar-refractivity contribution in [1.29, 1.82) is 0 Å². The van der Waals surface area contributed by atoms with E-state index in [1.165, 1.54) is 0 Å². The molecule has 1 aliphatic rings. The molecule has 0 amide bonds. The van der Waals surface area contributed by atoms with Gasteiger partial charge in [0.15, 0.2) is 5.71 Å². The molecule has 25 heavy (non-hydrogen) atoms. The summed E-state index contributed by atoms with van der Waals surface area (Å²) in [4.78, 5) is 5.99. The highest BCUT2D eigenvalue weighted by molar-refractivity contribution is 6.10. The molecule has 2 aromatic rings. The van der Waals surface area contributed by atoms with Crippen molar-refractivity contribution < 1.29 is 13.2 Å². The van der Waals surface area contributed by atoms with E-state index in [9.17, 15) is 13.2 Å². The molecular formula is C20H21F3N2. The molecule has 2 aromatic carbocycles. The molecule has 0 aromatic heterocycles. The van der Waals surface area contributed by atoms with Crippen molar-refractivity contribution in [3.63, 3.8) is 0 Å². The van der Waals surface area contributed by atoms with E-state index in [-0.39, 0.29) is 5.56 Å². The van der Waals surface area contributed by atoms with E-state index < -0.39 is 11.9 Å². The average molecular weight is 346 g/mol. The molecule has 5 heteroatoms. The number of halogens is 3. The van der Waals surface area contributed by atoms with Crippen LogP contribution < -0.4 is 4.90 Å². The second-order valence-corrected chi connectivity index (χ2v) is 6.51. The van der Waals surface area contributed by atoms with Gasteiger partial charge in [0.2, 0.25) is 0 Å². The normalized spacial score (nSPS) is 15.7. The molecule has 2 nitrogen and oxygen atoms in total. The third-order valence-electron chi connectivity index (χ3n) is 4.40. The van der Waals surface area contributed by atoms with Crippen molar-refractivity contribution in [2.45, 2.75) is 32.9 Å². The first-order valence-corrected chi connectivity index (χ1v) is 8.43. The molecule has 1 fully saturated rings. The predicted octanol–water partition coefficient (Wildman–Crippen LogP) is 5.59. The molecule has 0 unspecified atom stereocenters. The van der Waals surface area contributed by atoms with Crippen LogP contribution in [0.5, 0.6) is 0 Å². The summed E-state index contributed by atoms with van der Waals surface area (Å²) in [6, 6.07) is 11.9. The van der Waals surface area contributed by atoms with Gasteiger partial charge in [-0.25, -0.2) is 4.99 Å². The molecule has 0 aliphatic carbocycles. The fourth-order valence-corrected chi connectivity index (χ4v) is 3.09. The standard InChI is InChI=1S/C20H21F3N2/c1-14-5-8-16(9-6-14)24-19(20(21,22)23)17-10-7-15(2)13-18(17)25-11-3-4-12-25/h5-10,13H,3-4,11-12H2,1-2H3. The minimum Gasteiger partial charge on any atom is -0.371 e. The van der Waals surface area contributed by atoms with E-state index in [1.54, 1.807) is 36.4 Å². The van der Waals surface area contributed by atoms with Crippen molar-refractivity contribution in [2.75, 3.05) is 18.0 Å². The summed E-state index contributed by atoms with van der Waals surface area (Å²) in [5.41, 5.74) is 2.19. The first-order chi connectivity index (χ1) is 11.8. The first-order valence-electron chi connectivity index (χ1n) is 8.43. The SMILES string of the molecule is Cc1ccc(N=C(c2ccc(C)cc2N2CCCC2)C(F)(F)F)cc1. The smallest absolute Gasteiger partial charge is 0.371 e. The van der Waals surface area contributed by atoms with E-state index in [4.69, 9.17) is 0 Å². The quantitative estimate of drug-likeness (QED) is 0.662. The lowest BCUT2D eigenvalue weighted by Crippen LogP contribution is -2.28. The summed E-state index contributed by atoms with van der Waals surface area (Å²) >= 11 is 0. The highest BCUT2D eigenvalue weighted by Crippen LogP contribution is 2.33. The van der Waals surface area contributed by atoms with Crippen LogP contribution in [0.4, 0.5) is 24.5 Å². The van der Waals surface area contributed by atoms with Crippen LogP contribution in [0.2, 0.25) is 0 Å². The Balaban J connectivity index is 2.12. The molecule has 1 aliphatic heterocycles. The summed E-state index contributed by atoms with van der Waals surface area (Å²) in [7, 11) is 0. The third-order valence-corrected chi connectivity index (χ3v) is 4.40. The van der Waals surface area contributed by atoms with Gasteiger partial charge in [0.1, 0.15) is 0 Å². The van der Waals surface area contributed by atoms with Crippen LogP contribution in [0.25, 0.3) is 0 Å². The Labute approximate surface area is 146 Å². The topological polar surface area (TPSA) is 15.6 Å². The van der Waals surface area contributed by atoms with Gasteiger partial charge < -0.3 is 4.90 Å². The second-order valence-electron chi connectivity index (χ2n) is 6.51. The Morgan fingerprint density at radius 3 is 2.12 bits per heavy atom. The second kappa shape index (κ2) is 6.90. The van der Waals surface area contributed by atoms with E-state index in [1.807, 2.05) is 24.8 Å². The maximum atomic E-state index is 13.8. The molecule has 0 spiro atoms. The number of rotatable bonds is 3. The van der Waals surface area contributed by atoms with E-state index in [0.717, 1.165) is 37.1 Å². The van der Waals surface area contributed by atoms with Gasteiger partial charge in [-0.2, -0.15) is 13.2 Å². The van der Waals surface area contributed by atoms with Gasteiger partial charge in [-0.15, -0.1) is 0 Å². The summed E-state index contributed by atoms with van der Waals surface area (Å²) in [6.07, 6.45) is -2.51. The number of hydrogen-bond acceptors (Lipinski definition) is 2. The summed E-state index contributed by atoms with van der Waals surface area (Å²) < 4.78 is 41.4. The Morgan fingerprint density at radius 1 is 0.920 bits per heavy atom. The van der Waals surface area contributed by atoms with E-state index >= 15 is 0 Å². The zero-order valence-corrected chi connectivity index (χ0v) is 14.4. The van der Waals surface area contributed by atoms with Crippen LogP contribution in [0.3, 0.4) is 0 Å². The molecular weight excluding hydrogens is 325 g/mol. The van der Waals surface area contributed by atoms with E-state index in [2.05, 4.69) is 4.99 Å². The maximum absolute atomic E-state index is 13.8. The molecule has 1 heterocycles. The molecule has 0 radical (unpaired) electrons. The maximum Gasteiger partial charge on any atom is 0.434 e. The number of alkyl halides is 3. The number of benzene rings is 2. The number of anilines is 1. The minimum atomic E-state index is -4.52.